The van der Waals surface area contributed by atoms with E-state index in [4.69, 9.17) is 11.3 Å². The Kier molecular flexibility index (Phi) is 9.34. The molecule has 8 rings (SSSR count). The molecule has 14 nitrogen and oxygen atoms in total. The molecule has 3 aromatic rings. The van der Waals surface area contributed by atoms with E-state index in [0.29, 0.717) is 35.7 Å². The topological polar surface area (TPSA) is 155 Å². The molecule has 0 radical (unpaired) electrons. The monoisotopic (exact) mass is 773 g/mol. The number of fused-ring (bicyclic) bond motifs is 2. The third-order valence-electron chi connectivity index (χ3n) is 12.9. The SMILES string of the molecule is [C-]#[N+]c1ccc(OC2C(C)(C)C(NC(=O)c3ccc(N4CCC(CN5Cc6cc7c(cc6C5)C(=O)N(C5CCC(=O)NC5=O)C7=O)CC4)cc3)C2(C)C)c(=O)n1C. The average molecular weight is 774 g/mol. The summed E-state index contributed by atoms with van der Waals surface area (Å²) < 4.78 is 7.54. The number of carbonyl (C=O) groups is 5. The number of hydrogen-bond donors (Lipinski definition) is 2. The van der Waals surface area contributed by atoms with Crippen molar-refractivity contribution in [2.75, 3.05) is 24.5 Å². The highest BCUT2D eigenvalue weighted by Crippen LogP contribution is 2.55. The molecule has 3 fully saturated rings. The van der Waals surface area contributed by atoms with Crippen LogP contribution in [0.4, 0.5) is 11.5 Å². The summed E-state index contributed by atoms with van der Waals surface area (Å²) in [6.07, 6.45) is 1.90. The molecular formula is C43H47N7O7. The van der Waals surface area contributed by atoms with E-state index in [0.717, 1.165) is 54.2 Å². The summed E-state index contributed by atoms with van der Waals surface area (Å²) in [6, 6.07) is 13.3. The van der Waals surface area contributed by atoms with Crippen LogP contribution in [-0.4, -0.2) is 81.7 Å². The summed E-state index contributed by atoms with van der Waals surface area (Å²) in [5.74, 6) is -1.21. The summed E-state index contributed by atoms with van der Waals surface area (Å²) in [5.41, 5.74) is 3.03. The summed E-state index contributed by atoms with van der Waals surface area (Å²) in [7, 11) is 1.55. The Hall–Kier alpha value is -5.81. The minimum atomic E-state index is -0.971. The fraction of sp³-hybridized carbons (Fsp3) is 0.465. The maximum Gasteiger partial charge on any atom is 0.360 e. The number of amides is 5. The number of carbonyl (C=O) groups excluding carboxylic acids is 5. The zero-order valence-electron chi connectivity index (χ0n) is 32.9. The van der Waals surface area contributed by atoms with E-state index in [1.807, 2.05) is 64.1 Å². The fourth-order valence-electron chi connectivity index (χ4n) is 10.1. The van der Waals surface area contributed by atoms with Gasteiger partial charge in [0, 0.05) is 67.3 Å². The van der Waals surface area contributed by atoms with Gasteiger partial charge in [-0.3, -0.25) is 43.7 Å². The average Bonchev–Trinajstić information content (AvgIpc) is 3.69. The second kappa shape index (κ2) is 14.0. The number of imide groups is 2. The first-order chi connectivity index (χ1) is 27.1. The Morgan fingerprint density at radius 1 is 0.895 bits per heavy atom. The zero-order valence-corrected chi connectivity index (χ0v) is 32.9. The zero-order chi connectivity index (χ0) is 40.6. The molecule has 1 aliphatic carbocycles. The lowest BCUT2D eigenvalue weighted by atomic mass is 9.49. The van der Waals surface area contributed by atoms with Crippen LogP contribution < -0.4 is 25.8 Å². The third kappa shape index (κ3) is 6.47. The van der Waals surface area contributed by atoms with Crippen molar-refractivity contribution >= 4 is 41.0 Å². The van der Waals surface area contributed by atoms with E-state index in [1.54, 1.807) is 19.2 Å². The van der Waals surface area contributed by atoms with Crippen molar-refractivity contribution < 1.29 is 28.7 Å². The second-order valence-electron chi connectivity index (χ2n) is 17.3. The van der Waals surface area contributed by atoms with Crippen molar-refractivity contribution in [1.29, 1.82) is 0 Å². The summed E-state index contributed by atoms with van der Waals surface area (Å²) in [4.78, 5) is 86.2. The molecule has 2 saturated heterocycles. The summed E-state index contributed by atoms with van der Waals surface area (Å²) >= 11 is 0. The van der Waals surface area contributed by atoms with Crippen molar-refractivity contribution in [3.63, 3.8) is 0 Å². The lowest BCUT2D eigenvalue weighted by Crippen LogP contribution is -2.74. The van der Waals surface area contributed by atoms with Crippen LogP contribution in [0.2, 0.25) is 0 Å². The molecule has 5 amide bonds. The molecule has 0 bridgehead atoms. The number of anilines is 1. The predicted molar refractivity (Wildman–Crippen MR) is 210 cm³/mol. The normalized spacial score (nSPS) is 24.0. The van der Waals surface area contributed by atoms with Gasteiger partial charge < -0.3 is 19.8 Å². The lowest BCUT2D eigenvalue weighted by Gasteiger charge is -2.62. The molecule has 1 saturated carbocycles. The number of ether oxygens (including phenoxy) is 1. The van der Waals surface area contributed by atoms with Crippen LogP contribution in [0.25, 0.3) is 4.85 Å². The number of benzene rings is 2. The van der Waals surface area contributed by atoms with Crippen LogP contribution in [0.5, 0.6) is 5.75 Å². The molecule has 2 N–H and O–H groups in total. The maximum atomic E-state index is 13.5. The van der Waals surface area contributed by atoms with Crippen LogP contribution in [0.15, 0.2) is 53.3 Å². The van der Waals surface area contributed by atoms with Crippen molar-refractivity contribution in [2.45, 2.75) is 84.7 Å². The Bertz CT molecular complexity index is 2260. The minimum absolute atomic E-state index is 0.0897. The standard InChI is InChI=1S/C43H47N7O7/c1-42(2)40(43(3,4)41(42)57-32-12-13-33(44-5)47(6)39(32)56)46-35(52)25-7-9-28(10-8-25)49-17-15-24(16-18-49)21-48-22-26-19-29-30(20-27(26)23-48)38(55)50(37(29)54)31-11-14-34(51)45-36(31)53/h7-10,12-13,19-20,24,31,40-41H,11,14-18,21-23H2,1-4,6H3,(H,46,52)(H,45,51,53). The first-order valence-corrected chi connectivity index (χ1v) is 19.6. The van der Waals surface area contributed by atoms with Crippen molar-refractivity contribution in [1.82, 2.24) is 25.0 Å². The van der Waals surface area contributed by atoms with Gasteiger partial charge in [-0.1, -0.05) is 34.3 Å². The summed E-state index contributed by atoms with van der Waals surface area (Å²) in [5, 5.41) is 5.48. The molecule has 1 unspecified atom stereocenters. The van der Waals surface area contributed by atoms with Crippen LogP contribution in [0, 0.1) is 23.3 Å². The molecule has 5 aliphatic rings. The van der Waals surface area contributed by atoms with E-state index < -0.39 is 40.5 Å². The number of nitrogens with one attached hydrogen (secondary N) is 2. The minimum Gasteiger partial charge on any atom is -0.482 e. The molecule has 0 spiro atoms. The predicted octanol–water partition coefficient (Wildman–Crippen LogP) is 4.18. The lowest BCUT2D eigenvalue weighted by molar-refractivity contribution is -0.164. The van der Waals surface area contributed by atoms with Crippen LogP contribution >= 0.6 is 0 Å². The van der Waals surface area contributed by atoms with Crippen LogP contribution in [-0.2, 0) is 29.7 Å². The number of rotatable bonds is 8. The fourth-order valence-corrected chi connectivity index (χ4v) is 10.1. The van der Waals surface area contributed by atoms with Gasteiger partial charge in [0.15, 0.2) is 0 Å². The van der Waals surface area contributed by atoms with Gasteiger partial charge in [0.2, 0.25) is 23.4 Å². The van der Waals surface area contributed by atoms with Crippen LogP contribution in [0.3, 0.4) is 0 Å². The van der Waals surface area contributed by atoms with Gasteiger partial charge in [-0.05, 0) is 84.8 Å². The van der Waals surface area contributed by atoms with E-state index in [2.05, 4.69) is 25.3 Å². The van der Waals surface area contributed by atoms with Crippen molar-refractivity contribution in [2.24, 2.45) is 23.8 Å². The number of piperidine rings is 2. The molecular weight excluding hydrogens is 727 g/mol. The molecule has 5 heterocycles. The first kappa shape index (κ1) is 38.1. The molecule has 2 aromatic carbocycles. The quantitative estimate of drug-likeness (QED) is 0.254. The van der Waals surface area contributed by atoms with Crippen molar-refractivity contribution in [3.05, 3.63) is 98.1 Å². The highest BCUT2D eigenvalue weighted by Gasteiger charge is 2.64. The summed E-state index contributed by atoms with van der Waals surface area (Å²) in [6.45, 7) is 19.4. The Labute approximate surface area is 330 Å². The van der Waals surface area contributed by atoms with Gasteiger partial charge in [0.05, 0.1) is 18.2 Å². The van der Waals surface area contributed by atoms with Crippen LogP contribution in [0.1, 0.15) is 95.6 Å². The highest BCUT2D eigenvalue weighted by atomic mass is 16.5. The molecule has 4 aliphatic heterocycles. The Balaban J connectivity index is 0.826. The number of nitrogens with zero attached hydrogens (tertiary/aromatic N) is 5. The molecule has 14 heteroatoms. The molecule has 1 atom stereocenters. The molecule has 57 heavy (non-hydrogen) atoms. The second-order valence-corrected chi connectivity index (χ2v) is 17.3. The van der Waals surface area contributed by atoms with E-state index >= 15 is 0 Å². The van der Waals surface area contributed by atoms with E-state index in [9.17, 15) is 28.8 Å². The van der Waals surface area contributed by atoms with Gasteiger partial charge in [-0.2, -0.15) is 0 Å². The van der Waals surface area contributed by atoms with E-state index in [-0.39, 0.29) is 48.0 Å². The number of aromatic nitrogens is 1. The third-order valence-corrected chi connectivity index (χ3v) is 12.9. The Morgan fingerprint density at radius 3 is 2.09 bits per heavy atom. The van der Waals surface area contributed by atoms with Crippen molar-refractivity contribution in [3.8, 4) is 5.75 Å². The molecule has 296 valence electrons. The van der Waals surface area contributed by atoms with Gasteiger partial charge in [-0.15, -0.1) is 0 Å². The number of hydrogen-bond acceptors (Lipinski definition) is 9. The van der Waals surface area contributed by atoms with Gasteiger partial charge in [0.1, 0.15) is 12.1 Å². The highest BCUT2D eigenvalue weighted by molar-refractivity contribution is 6.23. The number of pyridine rings is 1. The largest absolute Gasteiger partial charge is 0.482 e. The Morgan fingerprint density at radius 2 is 1.51 bits per heavy atom. The maximum absolute atomic E-state index is 13.5. The van der Waals surface area contributed by atoms with Gasteiger partial charge in [-0.25, -0.2) is 4.79 Å². The first-order valence-electron chi connectivity index (χ1n) is 19.6. The molecule has 1 aromatic heterocycles. The van der Waals surface area contributed by atoms with E-state index in [1.165, 1.54) is 4.57 Å². The smallest absolute Gasteiger partial charge is 0.360 e. The van der Waals surface area contributed by atoms with Gasteiger partial charge >= 0.3 is 5.56 Å². The van der Waals surface area contributed by atoms with Gasteiger partial charge in [0.25, 0.3) is 17.7 Å².